The molecule has 1 aromatic heterocycles. The van der Waals surface area contributed by atoms with E-state index in [0.29, 0.717) is 46.3 Å². The molecule has 0 fully saturated rings. The summed E-state index contributed by atoms with van der Waals surface area (Å²) in [7, 11) is 1.59. The zero-order valence-electron chi connectivity index (χ0n) is 19.7. The van der Waals surface area contributed by atoms with Crippen LogP contribution in [0.4, 0.5) is 5.69 Å². The fourth-order valence-corrected chi connectivity index (χ4v) is 3.77. The van der Waals surface area contributed by atoms with E-state index in [0.717, 1.165) is 5.52 Å². The number of aromatic amines is 1. The molecule has 182 valence electrons. The van der Waals surface area contributed by atoms with Crippen molar-refractivity contribution in [3.05, 3.63) is 77.1 Å². The van der Waals surface area contributed by atoms with Crippen LogP contribution in [0.3, 0.4) is 0 Å². The summed E-state index contributed by atoms with van der Waals surface area (Å²) in [6.45, 7) is 1.92. The smallest absolute Gasteiger partial charge is 0.262 e. The Morgan fingerprint density at radius 2 is 1.97 bits per heavy atom. The van der Waals surface area contributed by atoms with E-state index >= 15 is 0 Å². The van der Waals surface area contributed by atoms with Gasteiger partial charge in [0.1, 0.15) is 17.6 Å². The molecule has 0 aliphatic rings. The Hall–Kier alpha value is -4.48. The van der Waals surface area contributed by atoms with Crippen LogP contribution in [0.1, 0.15) is 18.3 Å². The molecule has 36 heavy (non-hydrogen) atoms. The van der Waals surface area contributed by atoms with Crippen molar-refractivity contribution in [1.82, 2.24) is 9.97 Å². The van der Waals surface area contributed by atoms with E-state index in [1.807, 2.05) is 37.3 Å². The molecule has 0 saturated carbocycles. The van der Waals surface area contributed by atoms with Crippen molar-refractivity contribution in [3.63, 3.8) is 0 Å². The number of halogens is 1. The van der Waals surface area contributed by atoms with E-state index < -0.39 is 0 Å². The van der Waals surface area contributed by atoms with Gasteiger partial charge in [-0.25, -0.2) is 4.98 Å². The van der Waals surface area contributed by atoms with Crippen LogP contribution < -0.4 is 19.5 Å². The number of para-hydroxylation sites is 1. The number of benzene rings is 3. The lowest BCUT2D eigenvalue weighted by Crippen LogP contribution is -2.20. The molecule has 0 unspecified atom stereocenters. The summed E-state index contributed by atoms with van der Waals surface area (Å²) < 4.78 is 16.7. The van der Waals surface area contributed by atoms with Crippen LogP contribution in [-0.4, -0.2) is 36.2 Å². The first-order valence-corrected chi connectivity index (χ1v) is 11.5. The summed E-state index contributed by atoms with van der Waals surface area (Å²) in [6.07, 6.45) is 1.65. The summed E-state index contributed by atoms with van der Waals surface area (Å²) in [5.41, 5.74) is 3.03. The molecule has 3 aromatic carbocycles. The molecule has 0 radical (unpaired) electrons. The van der Waals surface area contributed by atoms with Gasteiger partial charge in [-0.15, -0.1) is 0 Å². The summed E-state index contributed by atoms with van der Waals surface area (Å²) in [6, 6.07) is 20.0. The highest BCUT2D eigenvalue weighted by atomic mass is 35.5. The van der Waals surface area contributed by atoms with Gasteiger partial charge in [0.15, 0.2) is 18.1 Å². The average Bonchev–Trinajstić information content (AvgIpc) is 3.30. The quantitative estimate of drug-likeness (QED) is 0.284. The molecule has 0 saturated heterocycles. The van der Waals surface area contributed by atoms with E-state index in [1.165, 1.54) is 0 Å². The number of methoxy groups -OCH3 is 1. The Labute approximate surface area is 213 Å². The van der Waals surface area contributed by atoms with E-state index in [1.54, 1.807) is 43.5 Å². The molecule has 0 spiro atoms. The third kappa shape index (κ3) is 5.77. The zero-order chi connectivity index (χ0) is 25.5. The molecule has 8 nitrogen and oxygen atoms in total. The molecule has 4 aromatic rings. The van der Waals surface area contributed by atoms with Gasteiger partial charge < -0.3 is 24.5 Å². The predicted molar refractivity (Wildman–Crippen MR) is 139 cm³/mol. The second kappa shape index (κ2) is 11.3. The molecule has 9 heteroatoms. The van der Waals surface area contributed by atoms with Crippen molar-refractivity contribution >= 4 is 45.9 Å². The van der Waals surface area contributed by atoms with Crippen molar-refractivity contribution in [2.75, 3.05) is 25.6 Å². The molecule has 0 aliphatic heterocycles. The first-order chi connectivity index (χ1) is 17.5. The first kappa shape index (κ1) is 24.6. The second-order valence-electron chi connectivity index (χ2n) is 7.60. The van der Waals surface area contributed by atoms with E-state index in [9.17, 15) is 10.1 Å². The molecule has 0 aliphatic carbocycles. The maximum absolute atomic E-state index is 12.3. The van der Waals surface area contributed by atoms with E-state index in [-0.39, 0.29) is 23.3 Å². The number of ether oxygens (including phenoxy) is 3. The Bertz CT molecular complexity index is 1460. The van der Waals surface area contributed by atoms with Gasteiger partial charge in [0.25, 0.3) is 5.91 Å². The highest BCUT2D eigenvalue weighted by molar-refractivity contribution is 6.32. The zero-order valence-corrected chi connectivity index (χ0v) is 20.4. The summed E-state index contributed by atoms with van der Waals surface area (Å²) in [5.74, 6) is 1.36. The fourth-order valence-electron chi connectivity index (χ4n) is 3.49. The summed E-state index contributed by atoms with van der Waals surface area (Å²) >= 11 is 6.50. The minimum absolute atomic E-state index is 0.242. The number of carbonyl (C=O) groups excluding carboxylic acids is 1. The number of anilines is 1. The molecular weight excluding hydrogens is 480 g/mol. The lowest BCUT2D eigenvalue weighted by Gasteiger charge is -2.14. The molecule has 0 atom stereocenters. The summed E-state index contributed by atoms with van der Waals surface area (Å²) in [5, 5.41) is 12.8. The number of imidazole rings is 1. The van der Waals surface area contributed by atoms with Gasteiger partial charge in [0.05, 0.1) is 35.3 Å². The monoisotopic (exact) mass is 502 g/mol. The lowest BCUT2D eigenvalue weighted by atomic mass is 10.1. The third-order valence-electron chi connectivity index (χ3n) is 5.11. The Morgan fingerprint density at radius 1 is 1.17 bits per heavy atom. The molecule has 1 amide bonds. The van der Waals surface area contributed by atoms with Gasteiger partial charge in [-0.05, 0) is 55.0 Å². The van der Waals surface area contributed by atoms with Gasteiger partial charge in [0.2, 0.25) is 0 Å². The van der Waals surface area contributed by atoms with Gasteiger partial charge >= 0.3 is 0 Å². The number of rotatable bonds is 9. The van der Waals surface area contributed by atoms with Crippen molar-refractivity contribution in [2.24, 2.45) is 0 Å². The Kier molecular flexibility index (Phi) is 7.73. The molecular formula is C27H23ClN4O4. The van der Waals surface area contributed by atoms with Gasteiger partial charge in [-0.1, -0.05) is 29.8 Å². The van der Waals surface area contributed by atoms with Crippen molar-refractivity contribution < 1.29 is 19.0 Å². The Morgan fingerprint density at radius 3 is 2.69 bits per heavy atom. The largest absolute Gasteiger partial charge is 0.497 e. The van der Waals surface area contributed by atoms with Crippen LogP contribution in [0.5, 0.6) is 17.2 Å². The number of nitrogens with one attached hydrogen (secondary N) is 2. The highest BCUT2D eigenvalue weighted by Gasteiger charge is 2.16. The van der Waals surface area contributed by atoms with Crippen molar-refractivity contribution in [2.45, 2.75) is 6.92 Å². The van der Waals surface area contributed by atoms with E-state index in [4.69, 9.17) is 25.8 Å². The van der Waals surface area contributed by atoms with Gasteiger partial charge in [0, 0.05) is 11.8 Å². The summed E-state index contributed by atoms with van der Waals surface area (Å²) in [4.78, 5) is 20.0. The van der Waals surface area contributed by atoms with Gasteiger partial charge in [-0.3, -0.25) is 4.79 Å². The van der Waals surface area contributed by atoms with Crippen LogP contribution in [0.2, 0.25) is 5.02 Å². The number of nitrogens with zero attached hydrogens (tertiary/aromatic N) is 2. The maximum Gasteiger partial charge on any atom is 0.262 e. The van der Waals surface area contributed by atoms with Crippen LogP contribution in [0.15, 0.2) is 60.7 Å². The van der Waals surface area contributed by atoms with Crippen LogP contribution >= 0.6 is 11.6 Å². The number of hydrogen-bond donors (Lipinski definition) is 2. The van der Waals surface area contributed by atoms with Crippen LogP contribution in [-0.2, 0) is 4.79 Å². The maximum atomic E-state index is 12.3. The number of allylic oxidation sites excluding steroid dienone is 1. The van der Waals surface area contributed by atoms with Crippen LogP contribution in [0.25, 0.3) is 22.7 Å². The molecule has 0 bridgehead atoms. The highest BCUT2D eigenvalue weighted by Crippen LogP contribution is 2.37. The third-order valence-corrected chi connectivity index (χ3v) is 5.39. The van der Waals surface area contributed by atoms with Crippen LogP contribution in [0, 0.1) is 11.3 Å². The number of amides is 1. The number of hydrogen-bond acceptors (Lipinski definition) is 6. The number of fused-ring (bicyclic) bond motifs is 1. The SMILES string of the molecule is CCOc1cc(/C=C(/C#N)c2nc3ccc(OC)cc3[nH]2)cc(Cl)c1OCC(=O)Nc1ccccc1. The van der Waals surface area contributed by atoms with Crippen molar-refractivity contribution in [1.29, 1.82) is 5.26 Å². The van der Waals surface area contributed by atoms with Gasteiger partial charge in [-0.2, -0.15) is 5.26 Å². The topological polar surface area (TPSA) is 109 Å². The van der Waals surface area contributed by atoms with E-state index in [2.05, 4.69) is 21.4 Å². The fraction of sp³-hybridized carbons (Fsp3) is 0.148. The van der Waals surface area contributed by atoms with Crippen molar-refractivity contribution in [3.8, 4) is 23.3 Å². The predicted octanol–water partition coefficient (Wildman–Crippen LogP) is 5.71. The lowest BCUT2D eigenvalue weighted by molar-refractivity contribution is -0.118. The number of aromatic nitrogens is 2. The molecule has 4 rings (SSSR count). The molecule has 2 N–H and O–H groups in total. The standard InChI is InChI=1S/C27H23ClN4O4/c1-3-35-24-13-17(11-18(15-29)27-31-22-10-9-20(34-2)14-23(22)32-27)12-21(28)26(24)36-16-25(33)30-19-7-5-4-6-8-19/h4-14H,3,16H2,1-2H3,(H,30,33)(H,31,32)/b18-11-. The number of carbonyl (C=O) groups is 1. The average molecular weight is 503 g/mol. The normalized spacial score (nSPS) is 11.1. The minimum atomic E-state index is -0.336. The number of nitriles is 1. The Balaban J connectivity index is 1.58. The number of H-pyrrole nitrogens is 1. The minimum Gasteiger partial charge on any atom is -0.497 e. The first-order valence-electron chi connectivity index (χ1n) is 11.1. The second-order valence-corrected chi connectivity index (χ2v) is 8.01. The molecule has 1 heterocycles.